The first-order valence-corrected chi connectivity index (χ1v) is 8.64. The van der Waals surface area contributed by atoms with Crippen LogP contribution in [0.15, 0.2) is 78.1 Å². The van der Waals surface area contributed by atoms with E-state index in [2.05, 4.69) is 47.4 Å². The summed E-state index contributed by atoms with van der Waals surface area (Å²) in [5.74, 6) is 0. The van der Waals surface area contributed by atoms with Gasteiger partial charge < -0.3 is 4.40 Å². The number of benzene rings is 3. The van der Waals surface area contributed by atoms with Crippen LogP contribution < -0.4 is 5.56 Å². The average Bonchev–Trinajstić information content (AvgIpc) is 3.14. The lowest BCUT2D eigenvalue weighted by Gasteiger charge is -2.00. The molecule has 6 rings (SSSR count). The van der Waals surface area contributed by atoms with Crippen LogP contribution in [0.2, 0.25) is 0 Å². The van der Waals surface area contributed by atoms with Gasteiger partial charge in [-0.25, -0.2) is 0 Å². The van der Waals surface area contributed by atoms with Crippen molar-refractivity contribution >= 4 is 49.7 Å². The molecule has 0 aliphatic carbocycles. The molecule has 3 heteroatoms. The van der Waals surface area contributed by atoms with Crippen molar-refractivity contribution in [3.8, 4) is 0 Å². The van der Waals surface area contributed by atoms with Gasteiger partial charge in [-0.1, -0.05) is 55.1 Å². The molecule has 3 heterocycles. The zero-order valence-electron chi connectivity index (χ0n) is 13.9. The SMILES string of the molecule is C=Cc1cc(=O)n2c3ccccc3c3ccc4c5ccccc5n1c4c32. The fourth-order valence-corrected chi connectivity index (χ4v) is 4.40. The smallest absolute Gasteiger partial charge is 0.257 e. The van der Waals surface area contributed by atoms with Crippen molar-refractivity contribution in [3.05, 3.63) is 89.4 Å². The Bertz CT molecular complexity index is 1570. The molecule has 0 fully saturated rings. The number of hydrogen-bond donors (Lipinski definition) is 0. The Kier molecular flexibility index (Phi) is 2.38. The fraction of sp³-hybridized carbons (Fsp3) is 0. The standard InChI is InChI=1S/C23H14N2O/c1-2-14-13-21(26)25-20-10-6-4-8-16(20)18-12-11-17-15-7-3-5-9-19(15)24(14)22(17)23(18)25/h2-13H,1H2. The molecule has 26 heavy (non-hydrogen) atoms. The highest BCUT2D eigenvalue weighted by molar-refractivity contribution is 6.22. The van der Waals surface area contributed by atoms with Gasteiger partial charge in [0.1, 0.15) is 0 Å². The van der Waals surface area contributed by atoms with Gasteiger partial charge in [-0.15, -0.1) is 0 Å². The van der Waals surface area contributed by atoms with Crippen LogP contribution in [0.25, 0.3) is 49.7 Å². The molecule has 122 valence electrons. The molecule has 0 N–H and O–H groups in total. The second kappa shape index (κ2) is 4.52. The van der Waals surface area contributed by atoms with Crippen LogP contribution in [0.4, 0.5) is 0 Å². The van der Waals surface area contributed by atoms with Gasteiger partial charge in [0, 0.05) is 27.6 Å². The van der Waals surface area contributed by atoms with E-state index in [0.29, 0.717) is 0 Å². The van der Waals surface area contributed by atoms with Crippen LogP contribution >= 0.6 is 0 Å². The molecule has 0 aliphatic rings. The van der Waals surface area contributed by atoms with Crippen molar-refractivity contribution in [1.82, 2.24) is 8.80 Å². The van der Waals surface area contributed by atoms with Gasteiger partial charge in [0.2, 0.25) is 0 Å². The van der Waals surface area contributed by atoms with Gasteiger partial charge in [-0.2, -0.15) is 0 Å². The minimum atomic E-state index is -0.0358. The van der Waals surface area contributed by atoms with Crippen molar-refractivity contribution < 1.29 is 0 Å². The molecular weight excluding hydrogens is 320 g/mol. The Balaban J connectivity index is 2.16. The van der Waals surface area contributed by atoms with E-state index in [0.717, 1.165) is 43.9 Å². The maximum Gasteiger partial charge on any atom is 0.257 e. The summed E-state index contributed by atoms with van der Waals surface area (Å²) in [7, 11) is 0. The number of rotatable bonds is 1. The predicted molar refractivity (Wildman–Crippen MR) is 108 cm³/mol. The van der Waals surface area contributed by atoms with Crippen LogP contribution in [0.5, 0.6) is 0 Å². The van der Waals surface area contributed by atoms with Gasteiger partial charge >= 0.3 is 0 Å². The van der Waals surface area contributed by atoms with Crippen molar-refractivity contribution in [2.75, 3.05) is 0 Å². The Morgan fingerprint density at radius 3 is 1.85 bits per heavy atom. The molecule has 0 atom stereocenters. The quantitative estimate of drug-likeness (QED) is 0.411. The number of hydrogen-bond acceptors (Lipinski definition) is 1. The summed E-state index contributed by atoms with van der Waals surface area (Å²) < 4.78 is 4.01. The largest absolute Gasteiger partial charge is 0.307 e. The second-order valence-electron chi connectivity index (χ2n) is 6.67. The highest BCUT2D eigenvalue weighted by Gasteiger charge is 2.19. The third kappa shape index (κ3) is 1.43. The topological polar surface area (TPSA) is 25.9 Å². The average molecular weight is 334 g/mol. The van der Waals surface area contributed by atoms with Crippen LogP contribution in [0, 0.1) is 0 Å². The molecular formula is C23H14N2O. The second-order valence-corrected chi connectivity index (χ2v) is 6.67. The van der Waals surface area contributed by atoms with E-state index in [1.807, 2.05) is 28.7 Å². The maximum atomic E-state index is 13.1. The Labute approximate surface area is 148 Å². The highest BCUT2D eigenvalue weighted by Crippen LogP contribution is 2.37. The molecule has 3 nitrogen and oxygen atoms in total. The normalized spacial score (nSPS) is 12.2. The van der Waals surface area contributed by atoms with Gasteiger partial charge in [0.15, 0.2) is 0 Å². The van der Waals surface area contributed by atoms with E-state index in [-0.39, 0.29) is 5.56 Å². The fourth-order valence-electron chi connectivity index (χ4n) is 4.40. The van der Waals surface area contributed by atoms with E-state index in [4.69, 9.17) is 0 Å². The van der Waals surface area contributed by atoms with Gasteiger partial charge in [0.25, 0.3) is 5.56 Å². The monoisotopic (exact) mass is 334 g/mol. The first kappa shape index (κ1) is 13.7. The molecule has 0 aliphatic heterocycles. The number of aromatic nitrogens is 2. The van der Waals surface area contributed by atoms with Crippen LogP contribution in [0.1, 0.15) is 5.69 Å². The van der Waals surface area contributed by atoms with Gasteiger partial charge in [-0.05, 0) is 18.2 Å². The molecule has 0 bridgehead atoms. The molecule has 3 aromatic heterocycles. The maximum absolute atomic E-state index is 13.1. The summed E-state index contributed by atoms with van der Waals surface area (Å²) in [5.41, 5.74) is 4.84. The van der Waals surface area contributed by atoms with E-state index in [1.54, 1.807) is 12.1 Å². The lowest BCUT2D eigenvalue weighted by molar-refractivity contribution is 1.19. The lowest BCUT2D eigenvalue weighted by atomic mass is 10.1. The van der Waals surface area contributed by atoms with Gasteiger partial charge in [0.05, 0.1) is 27.8 Å². The zero-order valence-corrected chi connectivity index (χ0v) is 13.9. The van der Waals surface area contributed by atoms with E-state index < -0.39 is 0 Å². The minimum Gasteiger partial charge on any atom is -0.307 e. The minimum absolute atomic E-state index is 0.0358. The third-order valence-electron chi connectivity index (χ3n) is 5.43. The number of nitrogens with zero attached hydrogens (tertiary/aromatic N) is 2. The van der Waals surface area contributed by atoms with E-state index in [1.165, 1.54) is 5.39 Å². The molecule has 0 saturated carbocycles. The molecule has 0 amide bonds. The lowest BCUT2D eigenvalue weighted by Crippen LogP contribution is -2.07. The summed E-state index contributed by atoms with van der Waals surface area (Å²) in [6, 6.07) is 22.4. The Morgan fingerprint density at radius 2 is 1.23 bits per heavy atom. The Hall–Kier alpha value is -3.59. The van der Waals surface area contributed by atoms with Crippen LogP contribution in [-0.2, 0) is 0 Å². The molecule has 0 radical (unpaired) electrons. The van der Waals surface area contributed by atoms with Crippen molar-refractivity contribution in [2.24, 2.45) is 0 Å². The zero-order chi connectivity index (χ0) is 17.4. The molecule has 0 spiro atoms. The number of fused-ring (bicyclic) bond motifs is 6. The van der Waals surface area contributed by atoms with Crippen LogP contribution in [-0.4, -0.2) is 8.80 Å². The molecule has 0 saturated heterocycles. The first-order chi connectivity index (χ1) is 12.8. The van der Waals surface area contributed by atoms with Crippen LogP contribution in [0.3, 0.4) is 0 Å². The molecule has 6 aromatic rings. The summed E-state index contributed by atoms with van der Waals surface area (Å²) in [6.07, 6.45) is 1.76. The molecule has 3 aromatic carbocycles. The van der Waals surface area contributed by atoms with Crippen molar-refractivity contribution in [1.29, 1.82) is 0 Å². The first-order valence-electron chi connectivity index (χ1n) is 8.64. The van der Waals surface area contributed by atoms with Crippen molar-refractivity contribution in [3.63, 3.8) is 0 Å². The van der Waals surface area contributed by atoms with Gasteiger partial charge in [-0.3, -0.25) is 9.20 Å². The molecule has 0 unspecified atom stereocenters. The van der Waals surface area contributed by atoms with E-state index in [9.17, 15) is 4.79 Å². The summed E-state index contributed by atoms with van der Waals surface area (Å²) in [6.45, 7) is 3.96. The van der Waals surface area contributed by atoms with E-state index >= 15 is 0 Å². The predicted octanol–water partition coefficient (Wildman–Crippen LogP) is 5.09. The number of para-hydroxylation sites is 2. The summed E-state index contributed by atoms with van der Waals surface area (Å²) >= 11 is 0. The summed E-state index contributed by atoms with van der Waals surface area (Å²) in [5, 5.41) is 4.54. The Morgan fingerprint density at radius 1 is 0.692 bits per heavy atom. The third-order valence-corrected chi connectivity index (χ3v) is 5.43. The van der Waals surface area contributed by atoms with Crippen molar-refractivity contribution in [2.45, 2.75) is 0 Å². The summed E-state index contributed by atoms with van der Waals surface area (Å²) in [4.78, 5) is 13.1. The highest BCUT2D eigenvalue weighted by atomic mass is 16.1.